The summed E-state index contributed by atoms with van der Waals surface area (Å²) in [4.78, 5) is 0.984. The third-order valence-electron chi connectivity index (χ3n) is 3.84. The molecule has 0 bridgehead atoms. The van der Waals surface area contributed by atoms with E-state index in [1.54, 1.807) is 0 Å². The summed E-state index contributed by atoms with van der Waals surface area (Å²) in [6.07, 6.45) is 5.59. The van der Waals surface area contributed by atoms with E-state index in [0.717, 1.165) is 29.7 Å². The van der Waals surface area contributed by atoms with Crippen molar-refractivity contribution in [3.8, 4) is 0 Å². The summed E-state index contributed by atoms with van der Waals surface area (Å²) in [5.41, 5.74) is 8.51. The lowest BCUT2D eigenvalue weighted by Crippen LogP contribution is -2.37. The van der Waals surface area contributed by atoms with E-state index in [2.05, 4.69) is 18.2 Å². The fourth-order valence-corrected chi connectivity index (χ4v) is 4.50. The van der Waals surface area contributed by atoms with Crippen molar-refractivity contribution in [2.24, 2.45) is 5.73 Å². The smallest absolute Gasteiger partial charge is 0.0579 e. The van der Waals surface area contributed by atoms with Gasteiger partial charge < -0.3 is 5.73 Å². The zero-order valence-corrected chi connectivity index (χ0v) is 12.1. The summed E-state index contributed by atoms with van der Waals surface area (Å²) in [5.74, 6) is 0. The summed E-state index contributed by atoms with van der Waals surface area (Å²) in [6.45, 7) is 4.09. The van der Waals surface area contributed by atoms with E-state index in [-0.39, 0.29) is 11.3 Å². The van der Waals surface area contributed by atoms with Crippen molar-refractivity contribution >= 4 is 10.8 Å². The topological polar surface area (TPSA) is 43.1 Å². The minimum atomic E-state index is -0.958. The third-order valence-corrected chi connectivity index (χ3v) is 5.85. The second-order valence-corrected chi connectivity index (χ2v) is 7.05. The molecular weight excluding hydrogens is 242 g/mol. The molecular formula is C15H23NOS. The number of rotatable bonds is 2. The zero-order chi connectivity index (χ0) is 13.1. The summed E-state index contributed by atoms with van der Waals surface area (Å²) >= 11 is 0. The van der Waals surface area contributed by atoms with Gasteiger partial charge in [-0.05, 0) is 43.9 Å². The Bertz CT molecular complexity index is 444. The van der Waals surface area contributed by atoms with Crippen LogP contribution in [0.1, 0.15) is 43.2 Å². The largest absolute Gasteiger partial charge is 0.327 e. The molecule has 1 aliphatic carbocycles. The molecule has 18 heavy (non-hydrogen) atoms. The van der Waals surface area contributed by atoms with Crippen LogP contribution in [0.2, 0.25) is 0 Å². The Kier molecular flexibility index (Phi) is 4.57. The molecule has 0 radical (unpaired) electrons. The molecule has 0 aromatic heterocycles. The summed E-state index contributed by atoms with van der Waals surface area (Å²) in [6, 6.07) is 6.28. The number of hydrogen-bond donors (Lipinski definition) is 1. The van der Waals surface area contributed by atoms with E-state index in [0.29, 0.717) is 0 Å². The molecule has 1 aromatic rings. The van der Waals surface area contributed by atoms with Gasteiger partial charge in [0.1, 0.15) is 0 Å². The summed E-state index contributed by atoms with van der Waals surface area (Å²) in [7, 11) is -0.958. The Hall–Kier alpha value is -0.670. The van der Waals surface area contributed by atoms with Gasteiger partial charge in [0, 0.05) is 10.9 Å². The van der Waals surface area contributed by atoms with Gasteiger partial charge in [-0.1, -0.05) is 31.4 Å². The molecule has 2 rings (SSSR count). The Balaban J connectivity index is 2.26. The molecule has 0 heterocycles. The van der Waals surface area contributed by atoms with Crippen LogP contribution in [-0.4, -0.2) is 15.5 Å². The van der Waals surface area contributed by atoms with Crippen LogP contribution < -0.4 is 5.73 Å². The molecule has 0 spiro atoms. The average Bonchev–Trinajstić information content (AvgIpc) is 2.56. The van der Waals surface area contributed by atoms with Crippen LogP contribution in [-0.2, 0) is 10.8 Å². The minimum Gasteiger partial charge on any atom is -0.327 e. The van der Waals surface area contributed by atoms with E-state index < -0.39 is 10.8 Å². The SMILES string of the molecule is Cc1ccc(C)c(S(=O)C2CCCCCC2N)c1. The van der Waals surface area contributed by atoms with Crippen molar-refractivity contribution < 1.29 is 4.21 Å². The zero-order valence-electron chi connectivity index (χ0n) is 11.3. The highest BCUT2D eigenvalue weighted by atomic mass is 32.2. The quantitative estimate of drug-likeness (QED) is 0.835. The normalized spacial score (nSPS) is 26.6. The maximum Gasteiger partial charge on any atom is 0.0579 e. The highest BCUT2D eigenvalue weighted by Crippen LogP contribution is 2.26. The van der Waals surface area contributed by atoms with Crippen molar-refractivity contribution in [3.63, 3.8) is 0 Å². The second kappa shape index (κ2) is 5.98. The summed E-state index contributed by atoms with van der Waals surface area (Å²) in [5, 5.41) is 0.132. The lowest BCUT2D eigenvalue weighted by molar-refractivity contribution is 0.575. The number of hydrogen-bond acceptors (Lipinski definition) is 2. The van der Waals surface area contributed by atoms with Gasteiger partial charge in [-0.2, -0.15) is 0 Å². The molecule has 0 amide bonds. The monoisotopic (exact) mass is 265 g/mol. The number of benzene rings is 1. The Morgan fingerprint density at radius 3 is 2.67 bits per heavy atom. The highest BCUT2D eigenvalue weighted by molar-refractivity contribution is 7.85. The fourth-order valence-electron chi connectivity index (χ4n) is 2.66. The highest BCUT2D eigenvalue weighted by Gasteiger charge is 2.27. The van der Waals surface area contributed by atoms with E-state index in [1.165, 1.54) is 18.4 Å². The van der Waals surface area contributed by atoms with Crippen LogP contribution >= 0.6 is 0 Å². The second-order valence-electron chi connectivity index (χ2n) is 5.41. The van der Waals surface area contributed by atoms with Gasteiger partial charge in [0.15, 0.2) is 0 Å². The van der Waals surface area contributed by atoms with Gasteiger partial charge in [-0.25, -0.2) is 0 Å². The molecule has 0 saturated heterocycles. The molecule has 2 N–H and O–H groups in total. The van der Waals surface area contributed by atoms with E-state index in [9.17, 15) is 4.21 Å². The first-order valence-corrected chi connectivity index (χ1v) is 8.04. The maximum absolute atomic E-state index is 12.8. The van der Waals surface area contributed by atoms with Crippen LogP contribution in [0.3, 0.4) is 0 Å². The standard InChI is InChI=1S/C15H23NOS/c1-11-8-9-12(2)15(10-11)18(17)14-7-5-3-4-6-13(14)16/h8-10,13-14H,3-7,16H2,1-2H3. The van der Waals surface area contributed by atoms with E-state index >= 15 is 0 Å². The third kappa shape index (κ3) is 3.01. The average molecular weight is 265 g/mol. The van der Waals surface area contributed by atoms with Gasteiger partial charge >= 0.3 is 0 Å². The van der Waals surface area contributed by atoms with Crippen molar-refractivity contribution in [1.82, 2.24) is 0 Å². The van der Waals surface area contributed by atoms with Crippen molar-refractivity contribution in [2.45, 2.75) is 62.1 Å². The van der Waals surface area contributed by atoms with Crippen LogP contribution in [0.5, 0.6) is 0 Å². The lowest BCUT2D eigenvalue weighted by Gasteiger charge is -2.21. The van der Waals surface area contributed by atoms with Crippen LogP contribution in [0.4, 0.5) is 0 Å². The van der Waals surface area contributed by atoms with E-state index in [1.807, 2.05) is 13.8 Å². The van der Waals surface area contributed by atoms with Gasteiger partial charge in [0.2, 0.25) is 0 Å². The van der Waals surface area contributed by atoms with Gasteiger partial charge in [0.25, 0.3) is 0 Å². The fraction of sp³-hybridized carbons (Fsp3) is 0.600. The van der Waals surface area contributed by atoms with Gasteiger partial charge in [-0.3, -0.25) is 4.21 Å². The van der Waals surface area contributed by atoms with Crippen molar-refractivity contribution in [2.75, 3.05) is 0 Å². The number of nitrogens with two attached hydrogens (primary N) is 1. The molecule has 1 aromatic carbocycles. The molecule has 1 saturated carbocycles. The van der Waals surface area contributed by atoms with Crippen LogP contribution in [0, 0.1) is 13.8 Å². The Morgan fingerprint density at radius 1 is 1.17 bits per heavy atom. The Morgan fingerprint density at radius 2 is 1.89 bits per heavy atom. The number of aryl methyl sites for hydroxylation is 2. The molecule has 1 fully saturated rings. The van der Waals surface area contributed by atoms with Crippen LogP contribution in [0.25, 0.3) is 0 Å². The molecule has 3 unspecified atom stereocenters. The first-order valence-electron chi connectivity index (χ1n) is 6.83. The van der Waals surface area contributed by atoms with Crippen molar-refractivity contribution in [1.29, 1.82) is 0 Å². The molecule has 100 valence electrons. The maximum atomic E-state index is 12.8. The molecule has 1 aliphatic rings. The molecule has 3 atom stereocenters. The predicted octanol–water partition coefficient (Wildman–Crippen LogP) is 3.07. The summed E-state index contributed by atoms with van der Waals surface area (Å²) < 4.78 is 12.8. The molecule has 2 nitrogen and oxygen atoms in total. The minimum absolute atomic E-state index is 0.0910. The van der Waals surface area contributed by atoms with Gasteiger partial charge in [0.05, 0.1) is 16.0 Å². The van der Waals surface area contributed by atoms with Crippen LogP contribution in [0.15, 0.2) is 23.1 Å². The molecule has 3 heteroatoms. The predicted molar refractivity (Wildman–Crippen MR) is 77.2 cm³/mol. The van der Waals surface area contributed by atoms with Crippen molar-refractivity contribution in [3.05, 3.63) is 29.3 Å². The van der Waals surface area contributed by atoms with Gasteiger partial charge in [-0.15, -0.1) is 0 Å². The lowest BCUT2D eigenvalue weighted by atomic mass is 10.1. The first-order chi connectivity index (χ1) is 8.59. The molecule has 0 aliphatic heterocycles. The Labute approximate surface area is 112 Å². The first kappa shape index (κ1) is 13.8. The van der Waals surface area contributed by atoms with E-state index in [4.69, 9.17) is 5.73 Å².